The first-order valence-corrected chi connectivity index (χ1v) is 7.06. The van der Waals surface area contributed by atoms with Crippen LogP contribution in [0.25, 0.3) is 0 Å². The average Bonchev–Trinajstić information content (AvgIpc) is 2.51. The number of aliphatic hydroxyl groups excluding tert-OH is 1. The van der Waals surface area contributed by atoms with Gasteiger partial charge in [0.1, 0.15) is 5.75 Å². The highest BCUT2D eigenvalue weighted by atomic mass is 16.5. The molecule has 0 unspecified atom stereocenters. The summed E-state index contributed by atoms with van der Waals surface area (Å²) in [6.07, 6.45) is 0. The highest BCUT2D eigenvalue weighted by Gasteiger charge is 2.12. The van der Waals surface area contributed by atoms with Gasteiger partial charge >= 0.3 is 6.03 Å². The van der Waals surface area contributed by atoms with Crippen LogP contribution in [-0.4, -0.2) is 36.2 Å². The van der Waals surface area contributed by atoms with Crippen molar-refractivity contribution in [2.75, 3.05) is 25.5 Å². The van der Waals surface area contributed by atoms with E-state index in [2.05, 4.69) is 5.32 Å². The van der Waals surface area contributed by atoms with E-state index >= 15 is 0 Å². The molecule has 116 valence electrons. The number of rotatable bonds is 5. The van der Waals surface area contributed by atoms with Crippen LogP contribution in [-0.2, 0) is 0 Å². The van der Waals surface area contributed by atoms with Crippen LogP contribution in [0.2, 0.25) is 0 Å². The van der Waals surface area contributed by atoms with Crippen LogP contribution in [0, 0.1) is 6.92 Å². The summed E-state index contributed by atoms with van der Waals surface area (Å²) in [4.78, 5) is 13.5. The summed E-state index contributed by atoms with van der Waals surface area (Å²) >= 11 is 0. The predicted octanol–water partition coefficient (Wildman–Crippen LogP) is 3.24. The molecule has 0 aliphatic heterocycles. The lowest BCUT2D eigenvalue weighted by Gasteiger charge is -2.18. The Kier molecular flexibility index (Phi) is 5.38. The second-order valence-electron chi connectivity index (χ2n) is 4.99. The molecule has 5 nitrogen and oxygen atoms in total. The van der Waals surface area contributed by atoms with Gasteiger partial charge in [0.2, 0.25) is 0 Å². The fraction of sp³-hybridized carbons (Fsp3) is 0.235. The lowest BCUT2D eigenvalue weighted by atomic mass is 10.2. The molecular weight excluding hydrogens is 280 g/mol. The van der Waals surface area contributed by atoms with Gasteiger partial charge in [-0.25, -0.2) is 4.79 Å². The number of carbonyl (C=O) groups is 1. The van der Waals surface area contributed by atoms with Crippen molar-refractivity contribution in [3.8, 4) is 11.5 Å². The minimum absolute atomic E-state index is 0.0783. The van der Waals surface area contributed by atoms with Gasteiger partial charge in [0.25, 0.3) is 0 Å². The molecule has 0 radical (unpaired) electrons. The molecule has 2 amide bonds. The van der Waals surface area contributed by atoms with Gasteiger partial charge in [-0.05, 0) is 36.8 Å². The number of amides is 2. The van der Waals surface area contributed by atoms with Crippen LogP contribution in [0.3, 0.4) is 0 Å². The number of aryl methyl sites for hydroxylation is 1. The smallest absolute Gasteiger partial charge is 0.321 e. The zero-order valence-electron chi connectivity index (χ0n) is 12.7. The quantitative estimate of drug-likeness (QED) is 0.891. The van der Waals surface area contributed by atoms with E-state index in [0.717, 1.165) is 5.56 Å². The molecule has 2 N–H and O–H groups in total. The van der Waals surface area contributed by atoms with Gasteiger partial charge in [-0.1, -0.05) is 24.3 Å². The molecule has 2 rings (SSSR count). The van der Waals surface area contributed by atoms with Crippen LogP contribution in [0.1, 0.15) is 5.56 Å². The van der Waals surface area contributed by atoms with Gasteiger partial charge < -0.3 is 20.1 Å². The van der Waals surface area contributed by atoms with Crippen molar-refractivity contribution in [1.29, 1.82) is 0 Å². The predicted molar refractivity (Wildman–Crippen MR) is 86.4 cm³/mol. The molecule has 2 aromatic rings. The Bertz CT molecular complexity index is 629. The first kappa shape index (κ1) is 15.9. The first-order valence-electron chi connectivity index (χ1n) is 7.06. The molecule has 0 aliphatic carbocycles. The molecule has 0 atom stereocenters. The summed E-state index contributed by atoms with van der Waals surface area (Å²) in [6, 6.07) is 14.7. The lowest BCUT2D eigenvalue weighted by molar-refractivity contribution is 0.202. The number of aliphatic hydroxyl groups is 1. The Morgan fingerprint density at radius 3 is 2.64 bits per heavy atom. The maximum absolute atomic E-state index is 12.1. The Balaban J connectivity index is 2.19. The molecule has 0 fully saturated rings. The number of hydrogen-bond donors (Lipinski definition) is 2. The summed E-state index contributed by atoms with van der Waals surface area (Å²) in [7, 11) is 1.62. The van der Waals surface area contributed by atoms with Crippen molar-refractivity contribution in [2.24, 2.45) is 0 Å². The third-order valence-electron chi connectivity index (χ3n) is 3.13. The number of ether oxygens (including phenoxy) is 1. The van der Waals surface area contributed by atoms with E-state index in [4.69, 9.17) is 9.84 Å². The van der Waals surface area contributed by atoms with E-state index in [0.29, 0.717) is 17.2 Å². The molecule has 22 heavy (non-hydrogen) atoms. The van der Waals surface area contributed by atoms with Crippen molar-refractivity contribution in [3.63, 3.8) is 0 Å². The van der Waals surface area contributed by atoms with Crippen molar-refractivity contribution < 1.29 is 14.6 Å². The maximum Gasteiger partial charge on any atom is 0.321 e. The Hall–Kier alpha value is -2.53. The van der Waals surface area contributed by atoms with Gasteiger partial charge in [0.05, 0.1) is 12.3 Å². The zero-order valence-corrected chi connectivity index (χ0v) is 12.7. The van der Waals surface area contributed by atoms with E-state index in [9.17, 15) is 4.79 Å². The minimum Gasteiger partial charge on any atom is -0.455 e. The molecule has 0 spiro atoms. The van der Waals surface area contributed by atoms with E-state index in [1.54, 1.807) is 7.05 Å². The molecule has 0 aromatic heterocycles. The van der Waals surface area contributed by atoms with Crippen molar-refractivity contribution in [2.45, 2.75) is 6.92 Å². The number of hydrogen-bond acceptors (Lipinski definition) is 3. The highest BCUT2D eigenvalue weighted by molar-refractivity contribution is 5.91. The number of nitrogens with zero attached hydrogens (tertiary/aromatic N) is 1. The number of para-hydroxylation sites is 1. The van der Waals surface area contributed by atoms with Crippen molar-refractivity contribution in [1.82, 2.24) is 4.90 Å². The average molecular weight is 300 g/mol. The lowest BCUT2D eigenvalue weighted by Crippen LogP contribution is -2.33. The molecule has 0 saturated carbocycles. The summed E-state index contributed by atoms with van der Waals surface area (Å²) in [5.74, 6) is 1.27. The number of carbonyl (C=O) groups excluding carboxylic acids is 1. The Morgan fingerprint density at radius 1 is 1.23 bits per heavy atom. The number of anilines is 1. The van der Waals surface area contributed by atoms with Gasteiger partial charge in [0.15, 0.2) is 5.75 Å². The molecule has 0 aliphatic rings. The normalized spacial score (nSPS) is 10.1. The third-order valence-corrected chi connectivity index (χ3v) is 3.13. The number of benzene rings is 2. The second kappa shape index (κ2) is 7.47. The van der Waals surface area contributed by atoms with Crippen molar-refractivity contribution >= 4 is 11.7 Å². The SMILES string of the molecule is Cc1ccc(Oc2ccccc2)c(NC(=O)N(C)CCO)c1. The van der Waals surface area contributed by atoms with Gasteiger partial charge in [-0.15, -0.1) is 0 Å². The third kappa shape index (κ3) is 4.23. The van der Waals surface area contributed by atoms with E-state index in [1.165, 1.54) is 4.90 Å². The Morgan fingerprint density at radius 2 is 1.95 bits per heavy atom. The molecule has 5 heteroatoms. The van der Waals surface area contributed by atoms with Crippen LogP contribution in [0.5, 0.6) is 11.5 Å². The molecule has 0 bridgehead atoms. The highest BCUT2D eigenvalue weighted by Crippen LogP contribution is 2.30. The van der Waals surface area contributed by atoms with E-state index in [-0.39, 0.29) is 19.2 Å². The standard InChI is InChI=1S/C17H20N2O3/c1-13-8-9-16(22-14-6-4-3-5-7-14)15(12-13)18-17(21)19(2)10-11-20/h3-9,12,20H,10-11H2,1-2H3,(H,18,21). The number of urea groups is 1. The summed E-state index contributed by atoms with van der Waals surface area (Å²) in [5.41, 5.74) is 1.61. The van der Waals surface area contributed by atoms with Gasteiger partial charge in [0, 0.05) is 13.6 Å². The van der Waals surface area contributed by atoms with Crippen molar-refractivity contribution in [3.05, 3.63) is 54.1 Å². The van der Waals surface area contributed by atoms with E-state index in [1.807, 2.05) is 55.5 Å². The van der Waals surface area contributed by atoms with Crippen LogP contribution in [0.15, 0.2) is 48.5 Å². The molecule has 2 aromatic carbocycles. The fourth-order valence-electron chi connectivity index (χ4n) is 1.91. The minimum atomic E-state index is -0.294. The monoisotopic (exact) mass is 300 g/mol. The largest absolute Gasteiger partial charge is 0.455 e. The molecule has 0 heterocycles. The topological polar surface area (TPSA) is 61.8 Å². The maximum atomic E-state index is 12.1. The van der Waals surface area contributed by atoms with E-state index < -0.39 is 0 Å². The van der Waals surface area contributed by atoms with Crippen LogP contribution >= 0.6 is 0 Å². The Labute approximate surface area is 130 Å². The fourth-order valence-corrected chi connectivity index (χ4v) is 1.91. The summed E-state index contributed by atoms with van der Waals surface area (Å²) in [6.45, 7) is 2.14. The summed E-state index contributed by atoms with van der Waals surface area (Å²) < 4.78 is 5.82. The summed E-state index contributed by atoms with van der Waals surface area (Å²) in [5, 5.41) is 11.7. The van der Waals surface area contributed by atoms with Gasteiger partial charge in [-0.3, -0.25) is 0 Å². The zero-order chi connectivity index (χ0) is 15.9. The van der Waals surface area contributed by atoms with Gasteiger partial charge in [-0.2, -0.15) is 0 Å². The van der Waals surface area contributed by atoms with Crippen LogP contribution < -0.4 is 10.1 Å². The second-order valence-corrected chi connectivity index (χ2v) is 4.99. The number of nitrogens with one attached hydrogen (secondary N) is 1. The number of likely N-dealkylation sites (N-methyl/N-ethyl adjacent to an activating group) is 1. The molecule has 0 saturated heterocycles. The first-order chi connectivity index (χ1) is 10.6. The van der Waals surface area contributed by atoms with Crippen LogP contribution in [0.4, 0.5) is 10.5 Å². The molecular formula is C17H20N2O3.